The summed E-state index contributed by atoms with van der Waals surface area (Å²) >= 11 is 3.48. The average molecular weight is 474 g/mol. The summed E-state index contributed by atoms with van der Waals surface area (Å²) < 4.78 is 40.3. The fourth-order valence-corrected chi connectivity index (χ4v) is 5.18. The second-order valence-corrected chi connectivity index (χ2v) is 9.36. The molecule has 3 aromatic rings. The molecule has 0 aromatic heterocycles. The van der Waals surface area contributed by atoms with Gasteiger partial charge in [-0.15, -0.1) is 0 Å². The van der Waals surface area contributed by atoms with E-state index in [0.717, 1.165) is 4.47 Å². The molecule has 0 saturated carbocycles. The Bertz CT molecular complexity index is 1030. The van der Waals surface area contributed by atoms with Gasteiger partial charge in [-0.25, -0.2) is 12.7 Å². The molecule has 0 amide bonds. The number of halogens is 1. The second-order valence-electron chi connectivity index (χ2n) is 6.69. The lowest BCUT2D eigenvalue weighted by molar-refractivity contribution is 0.260. The molecule has 29 heavy (non-hydrogen) atoms. The number of hydrogen-bond acceptors (Lipinski definition) is 4. The van der Waals surface area contributed by atoms with Crippen LogP contribution in [0.15, 0.2) is 83.3 Å². The molecule has 1 heterocycles. The van der Waals surface area contributed by atoms with Crippen molar-refractivity contribution in [1.82, 2.24) is 0 Å². The number of benzene rings is 3. The zero-order chi connectivity index (χ0) is 20.3. The Morgan fingerprint density at radius 2 is 1.52 bits per heavy atom. The molecular formula is C22H20BrNO4S. The summed E-state index contributed by atoms with van der Waals surface area (Å²) in [7, 11) is -3.74. The molecule has 0 N–H and O–H groups in total. The van der Waals surface area contributed by atoms with Crippen LogP contribution < -0.4 is 9.04 Å². The first-order chi connectivity index (χ1) is 14.0. The van der Waals surface area contributed by atoms with Gasteiger partial charge in [0.1, 0.15) is 18.5 Å². The van der Waals surface area contributed by atoms with E-state index in [9.17, 15) is 8.42 Å². The fourth-order valence-electron chi connectivity index (χ4n) is 3.03. The van der Waals surface area contributed by atoms with Crippen LogP contribution in [-0.2, 0) is 20.5 Å². The van der Waals surface area contributed by atoms with Crippen LogP contribution in [0.5, 0.6) is 5.75 Å². The number of rotatable bonds is 8. The quantitative estimate of drug-likeness (QED) is 0.436. The van der Waals surface area contributed by atoms with Crippen molar-refractivity contribution < 1.29 is 17.9 Å². The van der Waals surface area contributed by atoms with Crippen LogP contribution in [0.4, 0.5) is 11.4 Å². The fraction of sp³-hybridized carbons (Fsp3) is 0.182. The largest absolute Gasteiger partial charge is 0.489 e. The number of anilines is 2. The van der Waals surface area contributed by atoms with E-state index in [2.05, 4.69) is 15.9 Å². The van der Waals surface area contributed by atoms with Gasteiger partial charge < -0.3 is 9.47 Å². The van der Waals surface area contributed by atoms with Gasteiger partial charge in [-0.3, -0.25) is 0 Å². The molecule has 150 valence electrons. The molecule has 1 aliphatic heterocycles. The SMILES string of the molecule is O=S(=O)(Cc1cccc(Br)c1OCC1CO1)N(c1ccccc1)c1ccccc1. The number of ether oxygens (including phenoxy) is 2. The summed E-state index contributed by atoms with van der Waals surface area (Å²) in [5.41, 5.74) is 1.77. The highest BCUT2D eigenvalue weighted by Crippen LogP contribution is 2.35. The monoisotopic (exact) mass is 473 g/mol. The normalized spacial score (nSPS) is 15.7. The lowest BCUT2D eigenvalue weighted by Crippen LogP contribution is -2.27. The van der Waals surface area contributed by atoms with Gasteiger partial charge in [0.25, 0.3) is 0 Å². The van der Waals surface area contributed by atoms with E-state index in [1.54, 1.807) is 30.3 Å². The van der Waals surface area contributed by atoms with Crippen molar-refractivity contribution >= 4 is 37.3 Å². The van der Waals surface area contributed by atoms with Crippen LogP contribution >= 0.6 is 15.9 Å². The molecule has 1 aliphatic rings. The van der Waals surface area contributed by atoms with E-state index in [0.29, 0.717) is 35.9 Å². The average Bonchev–Trinajstić information content (AvgIpc) is 3.53. The van der Waals surface area contributed by atoms with E-state index in [-0.39, 0.29) is 11.9 Å². The Morgan fingerprint density at radius 1 is 0.931 bits per heavy atom. The number of para-hydroxylation sites is 3. The maximum atomic E-state index is 13.5. The zero-order valence-electron chi connectivity index (χ0n) is 15.6. The molecule has 1 atom stereocenters. The first-order valence-electron chi connectivity index (χ1n) is 9.19. The highest BCUT2D eigenvalue weighted by Gasteiger charge is 2.28. The van der Waals surface area contributed by atoms with E-state index in [1.807, 2.05) is 48.5 Å². The van der Waals surface area contributed by atoms with Gasteiger partial charge in [0, 0.05) is 5.56 Å². The molecule has 0 bridgehead atoms. The summed E-state index contributed by atoms with van der Waals surface area (Å²) in [6.45, 7) is 1.07. The molecule has 0 radical (unpaired) electrons. The summed E-state index contributed by atoms with van der Waals surface area (Å²) in [6, 6.07) is 23.6. The maximum absolute atomic E-state index is 13.5. The van der Waals surface area contributed by atoms with E-state index in [4.69, 9.17) is 9.47 Å². The Hall–Kier alpha value is -2.35. The maximum Gasteiger partial charge on any atom is 0.243 e. The predicted molar refractivity (Wildman–Crippen MR) is 117 cm³/mol. The minimum Gasteiger partial charge on any atom is -0.489 e. The van der Waals surface area contributed by atoms with Crippen molar-refractivity contribution in [3.63, 3.8) is 0 Å². The van der Waals surface area contributed by atoms with Gasteiger partial charge >= 0.3 is 0 Å². The molecule has 1 saturated heterocycles. The van der Waals surface area contributed by atoms with Gasteiger partial charge in [-0.1, -0.05) is 48.5 Å². The zero-order valence-corrected chi connectivity index (χ0v) is 18.0. The topological polar surface area (TPSA) is 59.1 Å². The van der Waals surface area contributed by atoms with Crippen LogP contribution in [0.1, 0.15) is 5.56 Å². The third kappa shape index (κ3) is 4.80. The van der Waals surface area contributed by atoms with Gasteiger partial charge in [-0.2, -0.15) is 0 Å². The number of epoxide rings is 1. The summed E-state index contributed by atoms with van der Waals surface area (Å²) in [5.74, 6) is 0.338. The molecule has 4 rings (SSSR count). The summed E-state index contributed by atoms with van der Waals surface area (Å²) in [5, 5.41) is 0. The molecule has 0 spiro atoms. The smallest absolute Gasteiger partial charge is 0.243 e. The minimum atomic E-state index is -3.74. The van der Waals surface area contributed by atoms with Crippen molar-refractivity contribution in [1.29, 1.82) is 0 Å². The van der Waals surface area contributed by atoms with Crippen molar-refractivity contribution in [2.24, 2.45) is 0 Å². The second kappa shape index (κ2) is 8.57. The van der Waals surface area contributed by atoms with Crippen LogP contribution in [0.2, 0.25) is 0 Å². The molecule has 3 aromatic carbocycles. The number of sulfonamides is 1. The highest BCUT2D eigenvalue weighted by atomic mass is 79.9. The van der Waals surface area contributed by atoms with E-state index in [1.165, 1.54) is 4.31 Å². The lowest BCUT2D eigenvalue weighted by Gasteiger charge is -2.25. The Balaban J connectivity index is 1.70. The molecule has 1 unspecified atom stereocenters. The standard InChI is InChI=1S/C22H20BrNO4S/c23-21-13-7-8-17(22(21)28-15-20-14-27-20)16-29(25,26)24(18-9-3-1-4-10-18)19-11-5-2-6-12-19/h1-13,20H,14-16H2. The van der Waals surface area contributed by atoms with E-state index < -0.39 is 10.0 Å². The van der Waals surface area contributed by atoms with Gasteiger partial charge in [0.15, 0.2) is 0 Å². The third-order valence-corrected chi connectivity index (χ3v) is 6.74. The van der Waals surface area contributed by atoms with Crippen molar-refractivity contribution in [3.05, 3.63) is 88.9 Å². The van der Waals surface area contributed by atoms with Gasteiger partial charge in [-0.05, 0) is 46.3 Å². The van der Waals surface area contributed by atoms with Crippen LogP contribution in [0, 0.1) is 0 Å². The third-order valence-electron chi connectivity index (χ3n) is 4.46. The molecular weight excluding hydrogens is 454 g/mol. The first-order valence-corrected chi connectivity index (χ1v) is 11.6. The van der Waals surface area contributed by atoms with Crippen molar-refractivity contribution in [3.8, 4) is 5.75 Å². The Morgan fingerprint density at radius 3 is 2.07 bits per heavy atom. The Kier molecular flexibility index (Phi) is 5.89. The predicted octanol–water partition coefficient (Wildman–Crippen LogP) is 4.89. The highest BCUT2D eigenvalue weighted by molar-refractivity contribution is 9.10. The minimum absolute atomic E-state index is 0.0803. The van der Waals surface area contributed by atoms with Crippen LogP contribution in [0.3, 0.4) is 0 Å². The molecule has 7 heteroatoms. The summed E-state index contributed by atoms with van der Waals surface area (Å²) in [6.07, 6.45) is 0.0803. The van der Waals surface area contributed by atoms with Crippen LogP contribution in [0.25, 0.3) is 0 Å². The Labute approximate surface area is 179 Å². The molecule has 0 aliphatic carbocycles. The van der Waals surface area contributed by atoms with Gasteiger partial charge in [0.05, 0.1) is 28.2 Å². The van der Waals surface area contributed by atoms with Crippen molar-refractivity contribution in [2.75, 3.05) is 17.5 Å². The first kappa shape index (κ1) is 19.9. The number of hydrogen-bond donors (Lipinski definition) is 0. The van der Waals surface area contributed by atoms with E-state index >= 15 is 0 Å². The molecule has 1 fully saturated rings. The molecule has 5 nitrogen and oxygen atoms in total. The number of nitrogens with zero attached hydrogens (tertiary/aromatic N) is 1. The van der Waals surface area contributed by atoms with Gasteiger partial charge in [0.2, 0.25) is 10.0 Å². The van der Waals surface area contributed by atoms with Crippen molar-refractivity contribution in [2.45, 2.75) is 11.9 Å². The lowest BCUT2D eigenvalue weighted by atomic mass is 10.2. The van der Waals surface area contributed by atoms with Crippen LogP contribution in [-0.4, -0.2) is 27.7 Å². The summed E-state index contributed by atoms with van der Waals surface area (Å²) in [4.78, 5) is 0.